The van der Waals surface area contributed by atoms with E-state index in [0.717, 1.165) is 96.4 Å². The van der Waals surface area contributed by atoms with Crippen LogP contribution in [0.3, 0.4) is 0 Å². The van der Waals surface area contributed by atoms with Crippen molar-refractivity contribution in [1.82, 2.24) is 10.6 Å². The number of amides is 2. The molecule has 0 aromatic heterocycles. The number of fused-ring (bicyclic) bond motifs is 7. The van der Waals surface area contributed by atoms with Crippen LogP contribution in [-0.4, -0.2) is 47.6 Å². The molecule has 0 bridgehead atoms. The third kappa shape index (κ3) is 8.91. The fraction of sp³-hybridized carbons (Fsp3) is 0.878. The fourth-order valence-corrected chi connectivity index (χ4v) is 14.7. The highest BCUT2D eigenvalue weighted by atomic mass is 16.5. The summed E-state index contributed by atoms with van der Waals surface area (Å²) in [4.78, 5) is 50.3. The maximum Gasteiger partial charge on any atom is 0.326 e. The Kier molecular flexibility index (Phi) is 14.5. The lowest BCUT2D eigenvalue weighted by molar-refractivity contribution is -0.248. The molecule has 5 fully saturated rings. The summed E-state index contributed by atoms with van der Waals surface area (Å²) in [6.45, 7) is 25.6. The molecule has 8 nitrogen and oxygen atoms in total. The van der Waals surface area contributed by atoms with Gasteiger partial charge >= 0.3 is 11.9 Å². The molecule has 8 heteroatoms. The van der Waals surface area contributed by atoms with Crippen molar-refractivity contribution in [3.8, 4) is 0 Å². The van der Waals surface area contributed by atoms with Crippen molar-refractivity contribution >= 4 is 23.8 Å². The second kappa shape index (κ2) is 18.1. The minimum atomic E-state index is -0.959. The molecule has 57 heavy (non-hydrogen) atoms. The number of ether oxygens (including phenoxy) is 1. The quantitative estimate of drug-likeness (QED) is 0.0721. The van der Waals surface area contributed by atoms with Gasteiger partial charge in [-0.25, -0.2) is 4.79 Å². The molecule has 5 saturated carbocycles. The first kappa shape index (κ1) is 45.7. The minimum Gasteiger partial charge on any atom is -0.480 e. The first-order chi connectivity index (χ1) is 26.7. The third-order valence-corrected chi connectivity index (χ3v) is 17.7. The zero-order valence-electron chi connectivity index (χ0n) is 37.7. The summed E-state index contributed by atoms with van der Waals surface area (Å²) in [5, 5.41) is 15.6. The van der Waals surface area contributed by atoms with Crippen molar-refractivity contribution in [3.05, 3.63) is 12.2 Å². The Morgan fingerprint density at radius 2 is 1.40 bits per heavy atom. The Hall–Kier alpha value is -2.38. The number of carboxylic acid groups (broad SMARTS) is 1. The third-order valence-electron chi connectivity index (χ3n) is 17.7. The second-order valence-corrected chi connectivity index (χ2v) is 21.7. The molecule has 3 N–H and O–H groups in total. The molecule has 0 spiro atoms. The van der Waals surface area contributed by atoms with Gasteiger partial charge in [0.15, 0.2) is 0 Å². The molecule has 5 rings (SSSR count). The predicted molar refractivity (Wildman–Crippen MR) is 228 cm³/mol. The van der Waals surface area contributed by atoms with Crippen LogP contribution < -0.4 is 10.6 Å². The van der Waals surface area contributed by atoms with E-state index in [9.17, 15) is 24.3 Å². The standard InChI is InChI=1S/C49H82N2O6/c1-32(2)31-37(43(54)55)51-41(53)19-17-15-13-11-12-14-16-18-30-50-44(56)49-27-22-35(33(3)4)42(49)36-20-21-39-46(8)25-24-40(57-34(5)52)45(6,7)38(46)23-26-48(39,10)47(36,9)28-29-49/h32,35-40,42H,3,11-31H2,1-2,4-10H3,(H,50,56)(H,51,53)(H,54,55)/t35-,36+,37-,38-,39+,40-,42+,46-,47+,48+,49-/m0/s1. The molecule has 324 valence electrons. The van der Waals surface area contributed by atoms with E-state index in [4.69, 9.17) is 4.74 Å². The van der Waals surface area contributed by atoms with Crippen LogP contribution in [0.1, 0.15) is 191 Å². The predicted octanol–water partition coefficient (Wildman–Crippen LogP) is 10.8. The van der Waals surface area contributed by atoms with E-state index in [-0.39, 0.29) is 51.0 Å². The largest absolute Gasteiger partial charge is 0.480 e. The van der Waals surface area contributed by atoms with Crippen molar-refractivity contribution in [2.24, 2.45) is 62.6 Å². The Morgan fingerprint density at radius 1 is 0.754 bits per heavy atom. The minimum absolute atomic E-state index is 0.00606. The maximum absolute atomic E-state index is 14.5. The second-order valence-electron chi connectivity index (χ2n) is 21.7. The molecule has 5 aliphatic carbocycles. The molecule has 5 aliphatic rings. The number of carboxylic acids is 1. The number of allylic oxidation sites excluding steroid dienone is 1. The molecular formula is C49H82N2O6. The van der Waals surface area contributed by atoms with Crippen molar-refractivity contribution in [3.63, 3.8) is 0 Å². The summed E-state index contributed by atoms with van der Waals surface area (Å²) in [6.07, 6.45) is 20.3. The number of rotatable bonds is 18. The molecule has 2 amide bonds. The van der Waals surface area contributed by atoms with Crippen molar-refractivity contribution in [2.75, 3.05) is 6.54 Å². The van der Waals surface area contributed by atoms with Crippen LogP contribution in [0.5, 0.6) is 0 Å². The monoisotopic (exact) mass is 795 g/mol. The molecule has 0 heterocycles. The Morgan fingerprint density at radius 3 is 2.02 bits per heavy atom. The smallest absolute Gasteiger partial charge is 0.326 e. The number of carbonyl (C=O) groups is 4. The van der Waals surface area contributed by atoms with Gasteiger partial charge in [-0.15, -0.1) is 0 Å². The van der Waals surface area contributed by atoms with Crippen LogP contribution in [0, 0.1) is 62.6 Å². The number of hydrogen-bond donors (Lipinski definition) is 3. The average molecular weight is 795 g/mol. The molecule has 0 aliphatic heterocycles. The average Bonchev–Trinajstić information content (AvgIpc) is 3.53. The van der Waals surface area contributed by atoms with Crippen LogP contribution in [0.2, 0.25) is 0 Å². The van der Waals surface area contributed by atoms with E-state index >= 15 is 0 Å². The van der Waals surface area contributed by atoms with Gasteiger partial charge < -0.3 is 20.5 Å². The van der Waals surface area contributed by atoms with E-state index in [0.29, 0.717) is 48.3 Å². The van der Waals surface area contributed by atoms with Gasteiger partial charge in [0.25, 0.3) is 0 Å². The summed E-state index contributed by atoms with van der Waals surface area (Å²) in [6, 6.07) is -0.799. The van der Waals surface area contributed by atoms with E-state index in [2.05, 4.69) is 58.8 Å². The Labute approximate surface area is 346 Å². The SMILES string of the molecule is C=C(C)[C@@H]1CC[C@]2(C(=O)NCCCCCCCCCCC(=O)N[C@@H](CC(C)C)C(=O)O)CC[C@]3(C)[C@H](CC[C@@H]4[C@@]5(C)CC[C@H](OC(C)=O)C(C)(C)[C@@H]5CC[C@]43C)[C@@H]12. The number of aliphatic carboxylic acids is 1. The lowest BCUT2D eigenvalue weighted by Gasteiger charge is -2.72. The first-order valence-corrected chi connectivity index (χ1v) is 23.4. The lowest BCUT2D eigenvalue weighted by atomic mass is 9.32. The maximum atomic E-state index is 14.5. The topological polar surface area (TPSA) is 122 Å². The Balaban J connectivity index is 1.12. The number of hydrogen-bond acceptors (Lipinski definition) is 5. The molecular weight excluding hydrogens is 713 g/mol. The van der Waals surface area contributed by atoms with Crippen LogP contribution in [0.25, 0.3) is 0 Å². The van der Waals surface area contributed by atoms with Crippen LogP contribution in [-0.2, 0) is 23.9 Å². The number of nitrogens with one attached hydrogen (secondary N) is 2. The highest BCUT2D eigenvalue weighted by Gasteiger charge is 2.72. The molecule has 0 unspecified atom stereocenters. The molecule has 0 saturated heterocycles. The van der Waals surface area contributed by atoms with Crippen molar-refractivity contribution < 1.29 is 29.0 Å². The summed E-state index contributed by atoms with van der Waals surface area (Å²) < 4.78 is 5.97. The van der Waals surface area contributed by atoms with Gasteiger partial charge in [-0.2, -0.15) is 0 Å². The summed E-state index contributed by atoms with van der Waals surface area (Å²) in [5.74, 6) is 1.71. The number of esters is 1. The van der Waals surface area contributed by atoms with Crippen molar-refractivity contribution in [1.29, 1.82) is 0 Å². The number of unbranched alkanes of at least 4 members (excludes halogenated alkanes) is 7. The molecule has 0 radical (unpaired) electrons. The van der Waals surface area contributed by atoms with Gasteiger partial charge in [0, 0.05) is 25.3 Å². The zero-order chi connectivity index (χ0) is 42.0. The highest BCUT2D eigenvalue weighted by Crippen LogP contribution is 2.77. The van der Waals surface area contributed by atoms with Crippen molar-refractivity contribution in [2.45, 2.75) is 203 Å². The Bertz CT molecular complexity index is 1470. The van der Waals surface area contributed by atoms with E-state index < -0.39 is 12.0 Å². The van der Waals surface area contributed by atoms with Crippen LogP contribution >= 0.6 is 0 Å². The van der Waals surface area contributed by atoms with Gasteiger partial charge in [0.2, 0.25) is 11.8 Å². The zero-order valence-corrected chi connectivity index (χ0v) is 37.7. The summed E-state index contributed by atoms with van der Waals surface area (Å²) >= 11 is 0. The van der Waals surface area contributed by atoms with Crippen LogP contribution in [0.15, 0.2) is 12.2 Å². The molecule has 0 aromatic carbocycles. The molecule has 11 atom stereocenters. The van der Waals surface area contributed by atoms with Gasteiger partial charge in [0.1, 0.15) is 12.1 Å². The fourth-order valence-electron chi connectivity index (χ4n) is 14.7. The van der Waals surface area contributed by atoms with Gasteiger partial charge in [0.05, 0.1) is 5.41 Å². The normalized spacial score (nSPS) is 37.2. The lowest BCUT2D eigenvalue weighted by Crippen LogP contribution is -2.67. The van der Waals surface area contributed by atoms with Gasteiger partial charge in [-0.1, -0.05) is 99.1 Å². The number of carbonyl (C=O) groups excluding carboxylic acids is 3. The highest BCUT2D eigenvalue weighted by molar-refractivity contribution is 5.84. The molecule has 0 aromatic rings. The summed E-state index contributed by atoms with van der Waals surface area (Å²) in [5.41, 5.74) is 1.54. The van der Waals surface area contributed by atoms with Gasteiger partial charge in [-0.05, 0) is 142 Å². The van der Waals surface area contributed by atoms with E-state index in [1.165, 1.54) is 31.3 Å². The first-order valence-electron chi connectivity index (χ1n) is 23.4. The van der Waals surface area contributed by atoms with E-state index in [1.54, 1.807) is 6.92 Å². The summed E-state index contributed by atoms with van der Waals surface area (Å²) in [7, 11) is 0. The van der Waals surface area contributed by atoms with E-state index in [1.807, 2.05) is 13.8 Å². The van der Waals surface area contributed by atoms with Gasteiger partial charge in [-0.3, -0.25) is 14.4 Å². The van der Waals surface area contributed by atoms with Crippen LogP contribution in [0.4, 0.5) is 0 Å².